The second-order valence-electron chi connectivity index (χ2n) is 9.83. The lowest BCUT2D eigenvalue weighted by Gasteiger charge is -2.36. The second-order valence-corrected chi connectivity index (χ2v) is 12.0. The van der Waals surface area contributed by atoms with E-state index in [-0.39, 0.29) is 24.3 Å². The van der Waals surface area contributed by atoms with Crippen LogP contribution in [0.15, 0.2) is 54.3 Å². The Morgan fingerprint density at radius 2 is 1.95 bits per heavy atom. The molecular formula is C26H32N6O4S2. The van der Waals surface area contributed by atoms with Gasteiger partial charge in [-0.3, -0.25) is 13.9 Å². The van der Waals surface area contributed by atoms with Gasteiger partial charge in [0.25, 0.3) is 0 Å². The Hall–Kier alpha value is -2.90. The summed E-state index contributed by atoms with van der Waals surface area (Å²) in [5, 5.41) is 10.4. The largest absolute Gasteiger partial charge is 0.369 e. The van der Waals surface area contributed by atoms with Crippen LogP contribution in [0.4, 0.5) is 11.5 Å². The topological polar surface area (TPSA) is 131 Å². The predicted molar refractivity (Wildman–Crippen MR) is 148 cm³/mol. The molecule has 1 saturated heterocycles. The zero-order chi connectivity index (χ0) is 26.5. The average molecular weight is 557 g/mol. The van der Waals surface area contributed by atoms with Crippen molar-refractivity contribution in [2.45, 2.75) is 31.8 Å². The number of para-hydroxylation sites is 1. The molecule has 0 amide bonds. The molecule has 2 fully saturated rings. The van der Waals surface area contributed by atoms with Gasteiger partial charge in [0.05, 0.1) is 17.0 Å². The number of nitrogens with one attached hydrogen (secondary N) is 1. The molecular weight excluding hydrogens is 524 g/mol. The van der Waals surface area contributed by atoms with E-state index in [0.717, 1.165) is 51.1 Å². The van der Waals surface area contributed by atoms with Crippen LogP contribution in [0.1, 0.15) is 40.1 Å². The summed E-state index contributed by atoms with van der Waals surface area (Å²) in [6, 6.07) is 12.5. The number of anilines is 2. The Bertz CT molecular complexity index is 1340. The van der Waals surface area contributed by atoms with Gasteiger partial charge in [-0.25, -0.2) is 15.1 Å². The zero-order valence-corrected chi connectivity index (χ0v) is 22.7. The molecule has 0 bridgehead atoms. The SMILES string of the molecule is NS(=O)(=O)OC[C@@H]1CC[C@H](Nc2ncncc2C(=O)c2cc(CN3CCN(c4ccccc4)CC3)cs2)C1. The molecule has 1 aliphatic heterocycles. The summed E-state index contributed by atoms with van der Waals surface area (Å²) in [7, 11) is -3.95. The maximum atomic E-state index is 13.4. The first-order chi connectivity index (χ1) is 18.3. The summed E-state index contributed by atoms with van der Waals surface area (Å²) < 4.78 is 26.9. The Balaban J connectivity index is 1.16. The van der Waals surface area contributed by atoms with Crippen molar-refractivity contribution >= 4 is 38.9 Å². The lowest BCUT2D eigenvalue weighted by molar-refractivity contribution is 0.104. The van der Waals surface area contributed by atoms with Crippen LogP contribution in [0, 0.1) is 5.92 Å². The minimum atomic E-state index is -3.95. The molecule has 1 saturated carbocycles. The van der Waals surface area contributed by atoms with Gasteiger partial charge in [-0.2, -0.15) is 8.42 Å². The van der Waals surface area contributed by atoms with E-state index >= 15 is 0 Å². The Morgan fingerprint density at radius 1 is 1.16 bits per heavy atom. The van der Waals surface area contributed by atoms with Gasteiger partial charge in [-0.05, 0) is 54.3 Å². The number of ketones is 1. The van der Waals surface area contributed by atoms with Crippen molar-refractivity contribution < 1.29 is 17.4 Å². The van der Waals surface area contributed by atoms with E-state index in [1.54, 1.807) is 6.20 Å². The molecule has 5 rings (SSSR count). The summed E-state index contributed by atoms with van der Waals surface area (Å²) in [4.78, 5) is 27.3. The summed E-state index contributed by atoms with van der Waals surface area (Å²) in [5.74, 6) is 0.460. The number of hydrogen-bond acceptors (Lipinski definition) is 10. The van der Waals surface area contributed by atoms with Crippen molar-refractivity contribution in [3.63, 3.8) is 0 Å². The van der Waals surface area contributed by atoms with Crippen LogP contribution < -0.4 is 15.4 Å². The van der Waals surface area contributed by atoms with Crippen LogP contribution in [0.3, 0.4) is 0 Å². The van der Waals surface area contributed by atoms with Gasteiger partial charge in [0, 0.05) is 50.6 Å². The molecule has 2 atom stereocenters. The quantitative estimate of drug-likeness (QED) is 0.362. The lowest BCUT2D eigenvalue weighted by Crippen LogP contribution is -2.45. The van der Waals surface area contributed by atoms with Crippen molar-refractivity contribution in [2.75, 3.05) is 43.0 Å². The molecule has 1 aliphatic carbocycles. The van der Waals surface area contributed by atoms with Crippen molar-refractivity contribution in [1.29, 1.82) is 0 Å². The number of carbonyl (C=O) groups excluding carboxylic acids is 1. The van der Waals surface area contributed by atoms with Crippen LogP contribution in [-0.4, -0.2) is 67.9 Å². The van der Waals surface area contributed by atoms with E-state index in [1.807, 2.05) is 12.1 Å². The molecule has 10 nitrogen and oxygen atoms in total. The highest BCUT2D eigenvalue weighted by Gasteiger charge is 2.28. The first-order valence-electron chi connectivity index (χ1n) is 12.7. The molecule has 2 aromatic heterocycles. The predicted octanol–water partition coefficient (Wildman–Crippen LogP) is 2.89. The highest BCUT2D eigenvalue weighted by atomic mass is 32.2. The standard InChI is InChI=1S/C26H32N6O4S2/c27-38(34,35)36-16-19-6-7-21(12-19)30-26-23(14-28-18-29-26)25(33)24-13-20(17-37-24)15-31-8-10-32(11-9-31)22-4-2-1-3-5-22/h1-5,13-14,17-19,21H,6-12,15-16H2,(H2,27,34,35)(H,28,29,30)/t19-,21+/m1/s1. The van der Waals surface area contributed by atoms with E-state index in [4.69, 9.17) is 9.32 Å². The molecule has 2 aliphatic rings. The van der Waals surface area contributed by atoms with E-state index in [2.05, 4.69) is 54.7 Å². The molecule has 38 heavy (non-hydrogen) atoms. The highest BCUT2D eigenvalue weighted by Crippen LogP contribution is 2.30. The number of hydrogen-bond donors (Lipinski definition) is 2. The normalized spacial score (nSPS) is 20.5. The number of nitrogens with two attached hydrogens (primary N) is 1. The highest BCUT2D eigenvalue weighted by molar-refractivity contribution is 7.84. The lowest BCUT2D eigenvalue weighted by atomic mass is 10.1. The van der Waals surface area contributed by atoms with Crippen molar-refractivity contribution in [1.82, 2.24) is 14.9 Å². The minimum absolute atomic E-state index is 0.0546. The molecule has 3 N–H and O–H groups in total. The van der Waals surface area contributed by atoms with E-state index in [9.17, 15) is 13.2 Å². The van der Waals surface area contributed by atoms with Gasteiger partial charge in [0.2, 0.25) is 5.78 Å². The van der Waals surface area contributed by atoms with Gasteiger partial charge in [-0.1, -0.05) is 18.2 Å². The number of thiophene rings is 1. The fourth-order valence-corrected chi connectivity index (χ4v) is 6.36. The monoisotopic (exact) mass is 556 g/mol. The van der Waals surface area contributed by atoms with Crippen LogP contribution in [0.2, 0.25) is 0 Å². The summed E-state index contributed by atoms with van der Waals surface area (Å²) in [5.41, 5.74) is 2.82. The third-order valence-corrected chi connectivity index (χ3v) is 8.53. The average Bonchev–Trinajstić information content (AvgIpc) is 3.58. The van der Waals surface area contributed by atoms with Crippen LogP contribution in [0.5, 0.6) is 0 Å². The fourth-order valence-electron chi connectivity index (χ4n) is 5.12. The van der Waals surface area contributed by atoms with Crippen molar-refractivity contribution in [3.05, 3.63) is 70.3 Å². The second kappa shape index (κ2) is 11.9. The number of carbonyl (C=O) groups is 1. The molecule has 0 radical (unpaired) electrons. The number of rotatable bonds is 10. The maximum Gasteiger partial charge on any atom is 0.333 e. The molecule has 3 heterocycles. The zero-order valence-electron chi connectivity index (χ0n) is 21.0. The van der Waals surface area contributed by atoms with Gasteiger partial charge in [0.1, 0.15) is 12.1 Å². The van der Waals surface area contributed by atoms with Gasteiger partial charge in [0.15, 0.2) is 0 Å². The Kier molecular flexibility index (Phi) is 8.34. The van der Waals surface area contributed by atoms with Gasteiger partial charge in [-0.15, -0.1) is 11.3 Å². The summed E-state index contributed by atoms with van der Waals surface area (Å²) in [6.07, 6.45) is 5.29. The van der Waals surface area contributed by atoms with Crippen molar-refractivity contribution in [2.24, 2.45) is 11.1 Å². The summed E-state index contributed by atoms with van der Waals surface area (Å²) in [6.45, 7) is 4.77. The van der Waals surface area contributed by atoms with E-state index < -0.39 is 10.3 Å². The molecule has 202 valence electrons. The number of nitrogens with zero attached hydrogens (tertiary/aromatic N) is 4. The molecule has 1 aromatic carbocycles. The third kappa shape index (κ3) is 6.94. The first kappa shape index (κ1) is 26.7. The van der Waals surface area contributed by atoms with Gasteiger partial charge >= 0.3 is 10.3 Å². The van der Waals surface area contributed by atoms with Crippen LogP contribution in [-0.2, 0) is 21.0 Å². The van der Waals surface area contributed by atoms with E-state index in [1.165, 1.54) is 23.4 Å². The van der Waals surface area contributed by atoms with E-state index in [0.29, 0.717) is 22.7 Å². The number of benzene rings is 1. The Labute approximate surface area is 227 Å². The van der Waals surface area contributed by atoms with Crippen LogP contribution in [0.25, 0.3) is 0 Å². The first-order valence-corrected chi connectivity index (χ1v) is 15.1. The number of aromatic nitrogens is 2. The fraction of sp³-hybridized carbons (Fsp3) is 0.423. The van der Waals surface area contributed by atoms with Crippen molar-refractivity contribution in [3.8, 4) is 0 Å². The molecule has 12 heteroatoms. The maximum absolute atomic E-state index is 13.4. The number of piperazine rings is 1. The third-order valence-electron chi connectivity index (χ3n) is 7.08. The Morgan fingerprint density at radius 3 is 2.71 bits per heavy atom. The molecule has 0 unspecified atom stereocenters. The van der Waals surface area contributed by atoms with Gasteiger partial charge < -0.3 is 10.2 Å². The molecule has 3 aromatic rings. The molecule has 0 spiro atoms. The summed E-state index contributed by atoms with van der Waals surface area (Å²) >= 11 is 1.44. The minimum Gasteiger partial charge on any atom is -0.369 e. The smallest absolute Gasteiger partial charge is 0.333 e. The van der Waals surface area contributed by atoms with Crippen LogP contribution >= 0.6 is 11.3 Å².